The SMILES string of the molecule is NC(NCCN(CCNC(N)=[NH+]Cc1ccc2ccc3cccc4ccc1c2c34)CCNC(N)=[NH+]Cc1ccc2ccc3cccc4ccc1c2c34)=[NH+]Cc1ccc2ccc3cccc4ccc1c2c34. The van der Waals surface area contributed by atoms with E-state index in [1.54, 1.807) is 0 Å². The second-order valence-electron chi connectivity index (χ2n) is 18.7. The monoisotopic (exact) mass is 917 g/mol. The van der Waals surface area contributed by atoms with E-state index in [2.05, 4.69) is 200 Å². The van der Waals surface area contributed by atoms with E-state index in [0.717, 1.165) is 19.6 Å². The molecule has 12 aromatic carbocycles. The van der Waals surface area contributed by atoms with Crippen LogP contribution in [0.1, 0.15) is 16.7 Å². The van der Waals surface area contributed by atoms with Gasteiger partial charge in [0.2, 0.25) is 0 Å². The Hall–Kier alpha value is -8.47. The van der Waals surface area contributed by atoms with Crippen molar-refractivity contribution in [1.82, 2.24) is 20.9 Å². The Morgan fingerprint density at radius 1 is 0.314 bits per heavy atom. The van der Waals surface area contributed by atoms with Crippen molar-refractivity contribution >= 4 is 115 Å². The average Bonchev–Trinajstić information content (AvgIpc) is 3.39. The van der Waals surface area contributed by atoms with Crippen molar-refractivity contribution in [3.8, 4) is 0 Å². The summed E-state index contributed by atoms with van der Waals surface area (Å²) in [6.07, 6.45) is 0. The van der Waals surface area contributed by atoms with E-state index in [9.17, 15) is 0 Å². The highest BCUT2D eigenvalue weighted by atomic mass is 15.2. The van der Waals surface area contributed by atoms with Crippen LogP contribution >= 0.6 is 0 Å². The number of hydrogen-bond donors (Lipinski definition) is 9. The van der Waals surface area contributed by atoms with Crippen molar-refractivity contribution in [3.63, 3.8) is 0 Å². The number of nitrogens with zero attached hydrogens (tertiary/aromatic N) is 1. The fraction of sp³-hybridized carbons (Fsp3) is 0.150. The second-order valence-corrected chi connectivity index (χ2v) is 18.7. The number of guanidine groups is 3. The fourth-order valence-electron chi connectivity index (χ4n) is 11.0. The predicted molar refractivity (Wildman–Crippen MR) is 292 cm³/mol. The smallest absolute Gasteiger partial charge is 0.294 e. The molecule has 0 saturated heterocycles. The van der Waals surface area contributed by atoms with Crippen molar-refractivity contribution in [1.29, 1.82) is 0 Å². The number of rotatable bonds is 15. The van der Waals surface area contributed by atoms with Crippen LogP contribution in [-0.4, -0.2) is 62.0 Å². The maximum absolute atomic E-state index is 6.59. The summed E-state index contributed by atoms with van der Waals surface area (Å²) in [6.45, 7) is 6.01. The third-order valence-corrected chi connectivity index (χ3v) is 14.5. The zero-order valence-electron chi connectivity index (χ0n) is 39.1. The molecule has 0 aliphatic rings. The molecule has 12 N–H and O–H groups in total. The summed E-state index contributed by atoms with van der Waals surface area (Å²) in [4.78, 5) is 12.7. The lowest BCUT2D eigenvalue weighted by Gasteiger charge is -2.20. The van der Waals surface area contributed by atoms with E-state index in [1.807, 2.05) is 0 Å². The minimum absolute atomic E-state index is 0.545. The fourth-order valence-corrected chi connectivity index (χ4v) is 11.0. The molecule has 0 radical (unpaired) electrons. The zero-order chi connectivity index (χ0) is 47.1. The van der Waals surface area contributed by atoms with Gasteiger partial charge in [-0.1, -0.05) is 164 Å². The van der Waals surface area contributed by atoms with E-state index in [-0.39, 0.29) is 0 Å². The Kier molecular flexibility index (Phi) is 11.1. The van der Waals surface area contributed by atoms with E-state index >= 15 is 0 Å². The van der Waals surface area contributed by atoms with Crippen LogP contribution in [0.25, 0.3) is 97.0 Å². The third-order valence-electron chi connectivity index (χ3n) is 14.5. The molecule has 10 heteroatoms. The molecule has 12 rings (SSSR count). The molecular weight excluding hydrogens is 861 g/mol. The molecule has 0 aliphatic heterocycles. The van der Waals surface area contributed by atoms with Crippen molar-refractivity contribution in [2.24, 2.45) is 17.2 Å². The second kappa shape index (κ2) is 18.2. The Bertz CT molecular complexity index is 3510. The Balaban J connectivity index is 0.708. The van der Waals surface area contributed by atoms with Gasteiger partial charge in [-0.25, -0.2) is 0 Å². The van der Waals surface area contributed by atoms with Gasteiger partial charge >= 0.3 is 17.9 Å². The first kappa shape index (κ1) is 42.9. The molecule has 0 heterocycles. The van der Waals surface area contributed by atoms with Crippen LogP contribution in [0.4, 0.5) is 0 Å². The quantitative estimate of drug-likeness (QED) is 0.0416. The number of benzene rings is 12. The van der Waals surface area contributed by atoms with Crippen molar-refractivity contribution in [2.75, 3.05) is 39.3 Å². The summed E-state index contributed by atoms with van der Waals surface area (Å²) in [7, 11) is 0. The molecule has 0 bridgehead atoms. The van der Waals surface area contributed by atoms with Gasteiger partial charge in [-0.2, -0.15) is 0 Å². The minimum atomic E-state index is 0.545. The van der Waals surface area contributed by atoms with Crippen molar-refractivity contribution in [3.05, 3.63) is 180 Å². The predicted octanol–water partition coefficient (Wildman–Crippen LogP) is 4.54. The van der Waals surface area contributed by atoms with Crippen LogP contribution in [0.3, 0.4) is 0 Å². The Labute approximate surface area is 405 Å². The molecule has 0 fully saturated rings. The van der Waals surface area contributed by atoms with Gasteiger partial charge in [-0.15, -0.1) is 0 Å². The van der Waals surface area contributed by atoms with E-state index in [4.69, 9.17) is 17.2 Å². The van der Waals surface area contributed by atoms with Gasteiger partial charge in [0.25, 0.3) is 0 Å². The lowest BCUT2D eigenvalue weighted by atomic mass is 9.92. The van der Waals surface area contributed by atoms with E-state index < -0.39 is 0 Å². The summed E-state index contributed by atoms with van der Waals surface area (Å²) in [5.41, 5.74) is 23.4. The summed E-state index contributed by atoms with van der Waals surface area (Å²) >= 11 is 0. The molecule has 12 aromatic rings. The van der Waals surface area contributed by atoms with Crippen LogP contribution < -0.4 is 48.1 Å². The summed E-state index contributed by atoms with van der Waals surface area (Å²) in [5.74, 6) is 1.64. The van der Waals surface area contributed by atoms with Gasteiger partial charge in [0, 0.05) is 19.6 Å². The molecule has 0 aromatic heterocycles. The molecule has 0 saturated carbocycles. The molecular formula is C60H57N10+3. The molecule has 10 nitrogen and oxygen atoms in total. The summed E-state index contributed by atoms with van der Waals surface area (Å²) < 4.78 is 0. The molecule has 0 amide bonds. The minimum Gasteiger partial charge on any atom is -0.294 e. The first-order valence-corrected chi connectivity index (χ1v) is 24.4. The number of hydrogen-bond acceptors (Lipinski definition) is 1. The lowest BCUT2D eigenvalue weighted by molar-refractivity contribution is -0.478. The molecule has 0 atom stereocenters. The normalized spacial score (nSPS) is 13.1. The molecule has 344 valence electrons. The maximum Gasteiger partial charge on any atom is 0.341 e. The highest BCUT2D eigenvalue weighted by Crippen LogP contribution is 2.38. The van der Waals surface area contributed by atoms with Gasteiger partial charge in [0.1, 0.15) is 0 Å². The van der Waals surface area contributed by atoms with Gasteiger partial charge in [0.05, 0.1) is 39.3 Å². The van der Waals surface area contributed by atoms with Crippen LogP contribution in [0, 0.1) is 0 Å². The maximum atomic E-state index is 6.59. The van der Waals surface area contributed by atoms with Crippen LogP contribution in [-0.2, 0) is 19.6 Å². The average molecular weight is 918 g/mol. The van der Waals surface area contributed by atoms with Crippen LogP contribution in [0.2, 0.25) is 0 Å². The highest BCUT2D eigenvalue weighted by Gasteiger charge is 2.16. The summed E-state index contributed by atoms with van der Waals surface area (Å²) in [6, 6.07) is 59.5. The number of nitrogens with two attached hydrogens (primary N) is 3. The Morgan fingerprint density at radius 3 is 0.843 bits per heavy atom. The van der Waals surface area contributed by atoms with Crippen molar-refractivity contribution < 1.29 is 15.0 Å². The van der Waals surface area contributed by atoms with Gasteiger partial charge in [-0.3, -0.25) is 53.0 Å². The molecule has 0 aliphatic carbocycles. The highest BCUT2D eigenvalue weighted by molar-refractivity contribution is 6.25. The first-order valence-electron chi connectivity index (χ1n) is 24.4. The van der Waals surface area contributed by atoms with E-state index in [1.165, 1.54) is 114 Å². The molecule has 0 spiro atoms. The Morgan fingerprint density at radius 2 is 0.557 bits per heavy atom. The van der Waals surface area contributed by atoms with Crippen LogP contribution in [0.15, 0.2) is 164 Å². The summed E-state index contributed by atoms with van der Waals surface area (Å²) in [5, 5.41) is 33.2. The van der Waals surface area contributed by atoms with Crippen molar-refractivity contribution in [2.45, 2.75) is 19.6 Å². The molecule has 70 heavy (non-hydrogen) atoms. The third kappa shape index (κ3) is 8.01. The molecule has 0 unspecified atom stereocenters. The van der Waals surface area contributed by atoms with Gasteiger partial charge < -0.3 is 0 Å². The van der Waals surface area contributed by atoms with Crippen LogP contribution in [0.5, 0.6) is 0 Å². The standard InChI is InChI=1S/C60H54N10/c61-58(67-34-46-19-16-43-13-10-37-4-1-7-40-22-25-49(46)55(43)52(37)40)64-28-31-70(32-29-65-59(62)68-35-47-20-17-44-14-11-38-5-2-8-41-23-26-50(47)56(44)53(38)41)33-30-66-60(63)69-36-48-21-18-45-15-12-39-6-3-9-42-24-27-51(48)57(45)54(39)42/h1-27H,28-36H2,(H3,61,64,67)(H3,62,65,68)(H3,63,66,69)/p+3. The first-order chi connectivity index (χ1) is 34.4. The lowest BCUT2D eigenvalue weighted by Crippen LogP contribution is -2.77. The van der Waals surface area contributed by atoms with Gasteiger partial charge in [0.15, 0.2) is 0 Å². The zero-order valence-corrected chi connectivity index (χ0v) is 39.1. The topological polar surface area (TPSA) is 159 Å². The van der Waals surface area contributed by atoms with Gasteiger partial charge in [-0.05, 0) is 114 Å². The largest absolute Gasteiger partial charge is 0.341 e. The number of nitrogens with one attached hydrogen (secondary N) is 6. The van der Waals surface area contributed by atoms with E-state index in [0.29, 0.717) is 57.1 Å².